The third-order valence-electron chi connectivity index (χ3n) is 1.81. The third-order valence-corrected chi connectivity index (χ3v) is 1.81. The van der Waals surface area contributed by atoms with Crippen LogP contribution in [0.15, 0.2) is 0 Å². The highest BCUT2D eigenvalue weighted by Gasteiger charge is 1.91. The van der Waals surface area contributed by atoms with Gasteiger partial charge in [0.15, 0.2) is 0 Å². The summed E-state index contributed by atoms with van der Waals surface area (Å²) < 4.78 is 0. The molecule has 0 aromatic carbocycles. The number of carbonyl (C=O) groups excluding carboxylic acids is 2. The van der Waals surface area contributed by atoms with Gasteiger partial charge in [-0.3, -0.25) is 4.79 Å². The Balaban J connectivity index is 0. The Morgan fingerprint density at radius 3 is 1.64 bits per heavy atom. The van der Waals surface area contributed by atoms with Gasteiger partial charge in [-0.05, 0) is 19.8 Å². The molecule has 0 radical (unpaired) electrons. The molecule has 84 valence electrons. The van der Waals surface area contributed by atoms with Crippen molar-refractivity contribution in [3.63, 3.8) is 0 Å². The highest BCUT2D eigenvalue weighted by molar-refractivity contribution is 5.77. The maximum Gasteiger partial charge on any atom is 0.132 e. The van der Waals surface area contributed by atoms with Crippen LogP contribution in [0.2, 0.25) is 0 Å². The van der Waals surface area contributed by atoms with Gasteiger partial charge < -0.3 is 4.79 Å². The fraction of sp³-hybridized carbons (Fsp3) is 0.833. The number of unbranched alkanes of at least 4 members (excludes halogenated alkanes) is 1. The van der Waals surface area contributed by atoms with E-state index in [4.69, 9.17) is 0 Å². The van der Waals surface area contributed by atoms with Crippen molar-refractivity contribution in [3.8, 4) is 0 Å². The molecular weight excluding hydrogens is 176 g/mol. The van der Waals surface area contributed by atoms with E-state index < -0.39 is 0 Å². The van der Waals surface area contributed by atoms with Crippen molar-refractivity contribution in [1.29, 1.82) is 0 Å². The highest BCUT2D eigenvalue weighted by Crippen LogP contribution is 1.92. The summed E-state index contributed by atoms with van der Waals surface area (Å²) in [6.07, 6.45) is 5.39. The van der Waals surface area contributed by atoms with Gasteiger partial charge in [0.05, 0.1) is 0 Å². The zero-order valence-corrected chi connectivity index (χ0v) is 10.1. The standard InChI is InChI=1S/2C6H12O/c1-3-4-5-6(2)7;1-3-5-6(7)4-2/h2*3-5H2,1-2H3. The van der Waals surface area contributed by atoms with Gasteiger partial charge in [0.2, 0.25) is 0 Å². The van der Waals surface area contributed by atoms with Crippen LogP contribution in [0.5, 0.6) is 0 Å². The van der Waals surface area contributed by atoms with E-state index in [-0.39, 0.29) is 0 Å². The molecule has 0 amide bonds. The summed E-state index contributed by atoms with van der Waals surface area (Å²) in [5.74, 6) is 0.685. The van der Waals surface area contributed by atoms with Crippen LogP contribution < -0.4 is 0 Å². The Labute approximate surface area is 88.1 Å². The number of rotatable bonds is 6. The van der Waals surface area contributed by atoms with Gasteiger partial charge in [-0.25, -0.2) is 0 Å². The molecule has 0 heterocycles. The van der Waals surface area contributed by atoms with Crippen LogP contribution in [-0.4, -0.2) is 11.6 Å². The second-order valence-corrected chi connectivity index (χ2v) is 3.45. The molecule has 2 heteroatoms. The SMILES string of the molecule is CCCC(=O)CC.CCCCC(C)=O. The molecule has 0 spiro atoms. The van der Waals surface area contributed by atoms with E-state index in [0.717, 1.165) is 32.1 Å². The fourth-order valence-electron chi connectivity index (χ4n) is 0.881. The minimum Gasteiger partial charge on any atom is -0.300 e. The Morgan fingerprint density at radius 1 is 0.929 bits per heavy atom. The van der Waals surface area contributed by atoms with Gasteiger partial charge in [0.25, 0.3) is 0 Å². The van der Waals surface area contributed by atoms with Crippen LogP contribution in [0.25, 0.3) is 0 Å². The van der Waals surface area contributed by atoms with Crippen LogP contribution in [0.1, 0.15) is 66.2 Å². The first-order valence-corrected chi connectivity index (χ1v) is 5.59. The molecule has 0 saturated heterocycles. The van der Waals surface area contributed by atoms with Crippen LogP contribution >= 0.6 is 0 Å². The number of hydrogen-bond donors (Lipinski definition) is 0. The minimum absolute atomic E-state index is 0.307. The van der Waals surface area contributed by atoms with Crippen molar-refractivity contribution in [1.82, 2.24) is 0 Å². The molecule has 2 nitrogen and oxygen atoms in total. The first-order valence-electron chi connectivity index (χ1n) is 5.59. The Kier molecular flexibility index (Phi) is 13.9. The van der Waals surface area contributed by atoms with Gasteiger partial charge in [0.1, 0.15) is 11.6 Å². The number of ketones is 2. The summed E-state index contributed by atoms with van der Waals surface area (Å²) in [6, 6.07) is 0. The third kappa shape index (κ3) is 17.4. The predicted octanol–water partition coefficient (Wildman–Crippen LogP) is 3.53. The van der Waals surface area contributed by atoms with Gasteiger partial charge >= 0.3 is 0 Å². The number of hydrogen-bond acceptors (Lipinski definition) is 2. The molecule has 0 aromatic heterocycles. The number of carbonyl (C=O) groups is 2. The molecule has 0 saturated carbocycles. The monoisotopic (exact) mass is 200 g/mol. The predicted molar refractivity (Wildman–Crippen MR) is 60.4 cm³/mol. The van der Waals surface area contributed by atoms with E-state index in [1.54, 1.807) is 6.92 Å². The lowest BCUT2D eigenvalue weighted by Crippen LogP contribution is -1.91. The Hall–Kier alpha value is -0.660. The quantitative estimate of drug-likeness (QED) is 0.657. The summed E-state index contributed by atoms with van der Waals surface area (Å²) in [5.41, 5.74) is 0. The van der Waals surface area contributed by atoms with Crippen molar-refractivity contribution >= 4 is 11.6 Å². The largest absolute Gasteiger partial charge is 0.300 e. The molecule has 0 unspecified atom stereocenters. The molecule has 0 bridgehead atoms. The van der Waals surface area contributed by atoms with E-state index in [1.807, 2.05) is 13.8 Å². The summed E-state index contributed by atoms with van der Waals surface area (Å²) >= 11 is 0. The van der Waals surface area contributed by atoms with E-state index in [1.165, 1.54) is 0 Å². The van der Waals surface area contributed by atoms with Crippen molar-refractivity contribution in [2.45, 2.75) is 66.2 Å². The van der Waals surface area contributed by atoms with Crippen LogP contribution in [-0.2, 0) is 9.59 Å². The summed E-state index contributed by atoms with van der Waals surface area (Å²) in [4.78, 5) is 20.6. The van der Waals surface area contributed by atoms with Gasteiger partial charge in [-0.1, -0.05) is 27.2 Å². The zero-order valence-electron chi connectivity index (χ0n) is 10.1. The second-order valence-electron chi connectivity index (χ2n) is 3.45. The van der Waals surface area contributed by atoms with Crippen molar-refractivity contribution in [2.24, 2.45) is 0 Å². The topological polar surface area (TPSA) is 34.1 Å². The van der Waals surface area contributed by atoms with Crippen LogP contribution in [0.3, 0.4) is 0 Å². The van der Waals surface area contributed by atoms with Crippen molar-refractivity contribution in [3.05, 3.63) is 0 Å². The van der Waals surface area contributed by atoms with Gasteiger partial charge in [-0.15, -0.1) is 0 Å². The molecule has 0 aliphatic rings. The maximum absolute atomic E-state index is 10.4. The minimum atomic E-state index is 0.307. The lowest BCUT2D eigenvalue weighted by molar-refractivity contribution is -0.119. The molecule has 0 aliphatic heterocycles. The summed E-state index contributed by atoms with van der Waals surface area (Å²) in [6.45, 7) is 7.64. The maximum atomic E-state index is 10.4. The Bertz CT molecular complexity index is 150. The molecular formula is C12H24O2. The van der Waals surface area contributed by atoms with E-state index in [9.17, 15) is 9.59 Å². The molecule has 0 aromatic rings. The average molecular weight is 200 g/mol. The van der Waals surface area contributed by atoms with Crippen molar-refractivity contribution in [2.75, 3.05) is 0 Å². The second kappa shape index (κ2) is 12.3. The molecule has 0 rings (SSSR count). The normalized spacial score (nSPS) is 8.86. The lowest BCUT2D eigenvalue weighted by Gasteiger charge is -1.87. The molecule has 0 atom stereocenters. The molecule has 0 aliphatic carbocycles. The first-order chi connectivity index (χ1) is 6.58. The summed E-state index contributed by atoms with van der Waals surface area (Å²) in [5, 5.41) is 0. The van der Waals surface area contributed by atoms with Gasteiger partial charge in [0, 0.05) is 19.3 Å². The Morgan fingerprint density at radius 2 is 1.50 bits per heavy atom. The van der Waals surface area contributed by atoms with Crippen LogP contribution in [0, 0.1) is 0 Å². The molecule has 0 N–H and O–H groups in total. The van der Waals surface area contributed by atoms with Crippen LogP contribution in [0.4, 0.5) is 0 Å². The van der Waals surface area contributed by atoms with E-state index >= 15 is 0 Å². The fourth-order valence-corrected chi connectivity index (χ4v) is 0.881. The summed E-state index contributed by atoms with van der Waals surface area (Å²) in [7, 11) is 0. The average Bonchev–Trinajstić information content (AvgIpc) is 2.16. The lowest BCUT2D eigenvalue weighted by atomic mass is 10.2. The van der Waals surface area contributed by atoms with E-state index in [0.29, 0.717) is 18.0 Å². The smallest absolute Gasteiger partial charge is 0.132 e. The zero-order chi connectivity index (χ0) is 11.4. The molecule has 14 heavy (non-hydrogen) atoms. The van der Waals surface area contributed by atoms with Gasteiger partial charge in [-0.2, -0.15) is 0 Å². The van der Waals surface area contributed by atoms with E-state index in [2.05, 4.69) is 6.92 Å². The highest BCUT2D eigenvalue weighted by atomic mass is 16.1. The molecule has 0 fully saturated rings. The first kappa shape index (κ1) is 15.8. The number of Topliss-reactive ketones (excluding diaryl/α,β-unsaturated/α-hetero) is 2. The van der Waals surface area contributed by atoms with Crippen molar-refractivity contribution < 1.29 is 9.59 Å².